The SMILES string of the molecule is NC1=NN=Cc2cc3ccccc3nc2S1. The van der Waals surface area contributed by atoms with Crippen LogP contribution in [0.3, 0.4) is 0 Å². The molecule has 2 N–H and O–H groups in total. The molecule has 5 heteroatoms. The Morgan fingerprint density at radius 2 is 2.06 bits per heavy atom. The first-order valence-electron chi connectivity index (χ1n) is 4.77. The van der Waals surface area contributed by atoms with Crippen LogP contribution in [0.25, 0.3) is 10.9 Å². The number of para-hydroxylation sites is 1. The van der Waals surface area contributed by atoms with Gasteiger partial charge in [0.1, 0.15) is 5.03 Å². The lowest BCUT2D eigenvalue weighted by Crippen LogP contribution is -2.05. The molecule has 2 heterocycles. The molecule has 0 spiro atoms. The number of nitrogens with two attached hydrogens (primary N) is 1. The van der Waals surface area contributed by atoms with Crippen LogP contribution < -0.4 is 5.73 Å². The maximum absolute atomic E-state index is 5.65. The molecule has 0 aliphatic carbocycles. The molecule has 2 aromatic rings. The molecule has 16 heavy (non-hydrogen) atoms. The van der Waals surface area contributed by atoms with E-state index in [0.29, 0.717) is 5.17 Å². The molecule has 0 saturated heterocycles. The van der Waals surface area contributed by atoms with Crippen molar-refractivity contribution in [3.63, 3.8) is 0 Å². The summed E-state index contributed by atoms with van der Waals surface area (Å²) in [6, 6.07) is 10.0. The van der Waals surface area contributed by atoms with Crippen molar-refractivity contribution in [2.45, 2.75) is 5.03 Å². The lowest BCUT2D eigenvalue weighted by atomic mass is 10.2. The molecule has 1 aliphatic rings. The summed E-state index contributed by atoms with van der Waals surface area (Å²) >= 11 is 1.34. The van der Waals surface area contributed by atoms with Crippen LogP contribution in [0.4, 0.5) is 0 Å². The van der Waals surface area contributed by atoms with Crippen molar-refractivity contribution in [1.29, 1.82) is 0 Å². The van der Waals surface area contributed by atoms with E-state index in [1.165, 1.54) is 11.8 Å². The van der Waals surface area contributed by atoms with E-state index in [0.717, 1.165) is 21.5 Å². The number of amidine groups is 1. The van der Waals surface area contributed by atoms with E-state index < -0.39 is 0 Å². The van der Waals surface area contributed by atoms with Crippen molar-refractivity contribution >= 4 is 34.0 Å². The number of aromatic nitrogens is 1. The Labute approximate surface area is 96.3 Å². The normalized spacial score (nSPS) is 14.4. The van der Waals surface area contributed by atoms with Crippen LogP contribution in [-0.4, -0.2) is 16.4 Å². The number of pyridine rings is 1. The number of thioether (sulfide) groups is 1. The molecule has 0 saturated carbocycles. The summed E-state index contributed by atoms with van der Waals surface area (Å²) < 4.78 is 0. The van der Waals surface area contributed by atoms with Crippen LogP contribution in [0.2, 0.25) is 0 Å². The zero-order valence-corrected chi connectivity index (χ0v) is 9.11. The van der Waals surface area contributed by atoms with E-state index in [9.17, 15) is 0 Å². The zero-order valence-electron chi connectivity index (χ0n) is 8.29. The first-order valence-corrected chi connectivity index (χ1v) is 5.59. The van der Waals surface area contributed by atoms with Crippen molar-refractivity contribution in [2.75, 3.05) is 0 Å². The number of nitrogens with zero attached hydrogens (tertiary/aromatic N) is 3. The smallest absolute Gasteiger partial charge is 0.186 e. The molecule has 78 valence electrons. The molecule has 1 aliphatic heterocycles. The molecular formula is C11H8N4S. The second kappa shape index (κ2) is 3.61. The number of fused-ring (bicyclic) bond motifs is 2. The Balaban J connectivity index is 2.26. The van der Waals surface area contributed by atoms with Gasteiger partial charge in [0.05, 0.1) is 11.7 Å². The van der Waals surface area contributed by atoms with Gasteiger partial charge in [0.15, 0.2) is 5.17 Å². The third kappa shape index (κ3) is 1.55. The first kappa shape index (κ1) is 9.35. The highest BCUT2D eigenvalue weighted by molar-refractivity contribution is 8.13. The lowest BCUT2D eigenvalue weighted by Gasteiger charge is -2.03. The Morgan fingerprint density at radius 1 is 1.19 bits per heavy atom. The van der Waals surface area contributed by atoms with Crippen molar-refractivity contribution in [3.05, 3.63) is 35.9 Å². The van der Waals surface area contributed by atoms with Crippen molar-refractivity contribution in [1.82, 2.24) is 4.98 Å². The van der Waals surface area contributed by atoms with Crippen LogP contribution in [0.1, 0.15) is 5.56 Å². The predicted molar refractivity (Wildman–Crippen MR) is 66.8 cm³/mol. The zero-order chi connectivity index (χ0) is 11.0. The van der Waals surface area contributed by atoms with Gasteiger partial charge in [-0.1, -0.05) is 18.2 Å². The van der Waals surface area contributed by atoms with Gasteiger partial charge in [-0.25, -0.2) is 4.98 Å². The predicted octanol–water partition coefficient (Wildman–Crippen LogP) is 1.99. The van der Waals surface area contributed by atoms with Gasteiger partial charge in [0.25, 0.3) is 0 Å². The summed E-state index contributed by atoms with van der Waals surface area (Å²) in [5, 5.41) is 10.0. The van der Waals surface area contributed by atoms with Gasteiger partial charge in [-0.05, 0) is 23.9 Å². The van der Waals surface area contributed by atoms with Gasteiger partial charge >= 0.3 is 0 Å². The number of rotatable bonds is 0. The van der Waals surface area contributed by atoms with Crippen LogP contribution in [0.5, 0.6) is 0 Å². The lowest BCUT2D eigenvalue weighted by molar-refractivity contribution is 1.18. The van der Waals surface area contributed by atoms with E-state index in [-0.39, 0.29) is 0 Å². The number of hydrogen-bond donors (Lipinski definition) is 1. The summed E-state index contributed by atoms with van der Waals surface area (Å²) in [4.78, 5) is 4.54. The molecule has 0 amide bonds. The highest BCUT2D eigenvalue weighted by atomic mass is 32.2. The Hall–Kier alpha value is -1.88. The fourth-order valence-electron chi connectivity index (χ4n) is 1.56. The van der Waals surface area contributed by atoms with Gasteiger partial charge in [-0.15, -0.1) is 5.10 Å². The minimum atomic E-state index is 0.415. The molecule has 0 fully saturated rings. The van der Waals surface area contributed by atoms with Gasteiger partial charge in [0.2, 0.25) is 0 Å². The van der Waals surface area contributed by atoms with Crippen LogP contribution in [0, 0.1) is 0 Å². The fraction of sp³-hybridized carbons (Fsp3) is 0. The maximum atomic E-state index is 5.65. The summed E-state index contributed by atoms with van der Waals surface area (Å²) in [5.41, 5.74) is 7.56. The summed E-state index contributed by atoms with van der Waals surface area (Å²) in [5.74, 6) is 0. The van der Waals surface area contributed by atoms with Crippen LogP contribution >= 0.6 is 11.8 Å². The molecule has 1 aromatic carbocycles. The largest absolute Gasteiger partial charge is 0.376 e. The number of hydrogen-bond acceptors (Lipinski definition) is 5. The highest BCUT2D eigenvalue weighted by Crippen LogP contribution is 2.25. The first-order chi connectivity index (χ1) is 7.83. The third-order valence-electron chi connectivity index (χ3n) is 2.27. The van der Waals surface area contributed by atoms with Gasteiger partial charge in [0, 0.05) is 10.9 Å². The second-order valence-corrected chi connectivity index (χ2v) is 4.37. The van der Waals surface area contributed by atoms with E-state index in [1.54, 1.807) is 6.21 Å². The maximum Gasteiger partial charge on any atom is 0.186 e. The summed E-state index contributed by atoms with van der Waals surface area (Å²) in [6.45, 7) is 0. The molecule has 0 radical (unpaired) electrons. The van der Waals surface area contributed by atoms with Gasteiger partial charge in [-0.3, -0.25) is 0 Å². The Kier molecular flexibility index (Phi) is 2.11. The second-order valence-electron chi connectivity index (χ2n) is 3.36. The molecule has 1 aromatic heterocycles. The van der Waals surface area contributed by atoms with Crippen molar-refractivity contribution in [2.24, 2.45) is 15.9 Å². The van der Waals surface area contributed by atoms with E-state index in [1.807, 2.05) is 30.3 Å². The van der Waals surface area contributed by atoms with E-state index >= 15 is 0 Å². The molecule has 0 bridgehead atoms. The monoisotopic (exact) mass is 228 g/mol. The molecule has 0 unspecified atom stereocenters. The van der Waals surface area contributed by atoms with Crippen molar-refractivity contribution < 1.29 is 0 Å². The Bertz CT molecular complexity index is 618. The fourth-order valence-corrected chi connectivity index (χ4v) is 2.22. The standard InChI is InChI=1S/C11H8N4S/c12-11-15-13-6-8-5-7-3-1-2-4-9(7)14-10(8)16-11/h1-6H,(H2,12,15). The topological polar surface area (TPSA) is 63.6 Å². The molecule has 3 rings (SSSR count). The quantitative estimate of drug-likeness (QED) is 0.750. The van der Waals surface area contributed by atoms with Gasteiger partial charge in [-0.2, -0.15) is 5.10 Å². The average molecular weight is 228 g/mol. The molecule has 4 nitrogen and oxygen atoms in total. The van der Waals surface area contributed by atoms with Gasteiger partial charge < -0.3 is 5.73 Å². The minimum Gasteiger partial charge on any atom is -0.376 e. The van der Waals surface area contributed by atoms with E-state index in [2.05, 4.69) is 15.2 Å². The number of benzene rings is 1. The molecular weight excluding hydrogens is 220 g/mol. The van der Waals surface area contributed by atoms with Crippen molar-refractivity contribution in [3.8, 4) is 0 Å². The van der Waals surface area contributed by atoms with Crippen LogP contribution in [0.15, 0.2) is 45.6 Å². The Morgan fingerprint density at radius 3 is 3.00 bits per heavy atom. The van der Waals surface area contributed by atoms with E-state index in [4.69, 9.17) is 5.73 Å². The van der Waals surface area contributed by atoms with Crippen LogP contribution in [-0.2, 0) is 0 Å². The average Bonchev–Trinajstić information content (AvgIpc) is 2.46. The summed E-state index contributed by atoms with van der Waals surface area (Å²) in [7, 11) is 0. The third-order valence-corrected chi connectivity index (χ3v) is 3.08. The summed E-state index contributed by atoms with van der Waals surface area (Å²) in [6.07, 6.45) is 1.68. The molecule has 0 atom stereocenters. The minimum absolute atomic E-state index is 0.415. The highest BCUT2D eigenvalue weighted by Gasteiger charge is 2.10.